The van der Waals surface area contributed by atoms with Crippen molar-refractivity contribution in [3.63, 3.8) is 0 Å². The fourth-order valence-electron chi connectivity index (χ4n) is 1.83. The van der Waals surface area contributed by atoms with Gasteiger partial charge in [-0.2, -0.15) is 0 Å². The van der Waals surface area contributed by atoms with Gasteiger partial charge in [0.15, 0.2) is 5.78 Å². The summed E-state index contributed by atoms with van der Waals surface area (Å²) in [6.07, 6.45) is 1.42. The molecule has 0 radical (unpaired) electrons. The SMILES string of the molecule is CC(=O)COc1cc(/C=C2\SC(=O)N(C)C2=O)c(Br)c(F)c1C. The highest BCUT2D eigenvalue weighted by atomic mass is 79.9. The Labute approximate surface area is 145 Å². The number of halogens is 2. The van der Waals surface area contributed by atoms with Crippen molar-refractivity contribution in [2.24, 2.45) is 0 Å². The number of ketones is 1. The Morgan fingerprint density at radius 1 is 1.48 bits per heavy atom. The molecule has 0 spiro atoms. The molecule has 0 N–H and O–H groups in total. The molecule has 1 saturated heterocycles. The molecule has 0 aromatic heterocycles. The van der Waals surface area contributed by atoms with Gasteiger partial charge in [0.2, 0.25) is 0 Å². The van der Waals surface area contributed by atoms with Gasteiger partial charge in [0, 0.05) is 12.6 Å². The molecule has 0 bridgehead atoms. The van der Waals surface area contributed by atoms with Gasteiger partial charge in [-0.1, -0.05) is 0 Å². The van der Waals surface area contributed by atoms with Gasteiger partial charge in [0.1, 0.15) is 18.2 Å². The number of hydrogen-bond donors (Lipinski definition) is 0. The molecule has 2 rings (SSSR count). The lowest BCUT2D eigenvalue weighted by Crippen LogP contribution is -2.22. The number of benzene rings is 1. The van der Waals surface area contributed by atoms with E-state index in [4.69, 9.17) is 4.74 Å². The molecule has 1 aromatic rings. The first kappa shape index (κ1) is 17.7. The Hall–Kier alpha value is -1.67. The molecule has 8 heteroatoms. The van der Waals surface area contributed by atoms with Crippen molar-refractivity contribution in [1.82, 2.24) is 4.90 Å². The largest absolute Gasteiger partial charge is 0.485 e. The fraction of sp³-hybridized carbons (Fsp3) is 0.267. The van der Waals surface area contributed by atoms with E-state index in [0.29, 0.717) is 5.56 Å². The van der Waals surface area contributed by atoms with E-state index >= 15 is 0 Å². The lowest BCUT2D eigenvalue weighted by Gasteiger charge is -2.12. The van der Waals surface area contributed by atoms with Crippen molar-refractivity contribution in [3.05, 3.63) is 32.4 Å². The van der Waals surface area contributed by atoms with E-state index in [-0.39, 0.29) is 33.1 Å². The molecular formula is C15H13BrFNO4S. The van der Waals surface area contributed by atoms with E-state index in [1.807, 2.05) is 0 Å². The number of nitrogens with zero attached hydrogens (tertiary/aromatic N) is 1. The van der Waals surface area contributed by atoms with Crippen LogP contribution in [-0.4, -0.2) is 35.5 Å². The number of Topliss-reactive ketones (excluding diaryl/α,β-unsaturated/α-hetero) is 1. The molecule has 1 fully saturated rings. The van der Waals surface area contributed by atoms with Crippen LogP contribution in [0.3, 0.4) is 0 Å². The number of amides is 2. The number of thioether (sulfide) groups is 1. The molecule has 23 heavy (non-hydrogen) atoms. The zero-order chi connectivity index (χ0) is 17.3. The van der Waals surface area contributed by atoms with Gasteiger partial charge < -0.3 is 4.74 Å². The summed E-state index contributed by atoms with van der Waals surface area (Å²) in [4.78, 5) is 35.6. The first-order chi connectivity index (χ1) is 10.7. The van der Waals surface area contributed by atoms with E-state index in [0.717, 1.165) is 16.7 Å². The lowest BCUT2D eigenvalue weighted by atomic mass is 10.1. The summed E-state index contributed by atoms with van der Waals surface area (Å²) >= 11 is 3.92. The van der Waals surface area contributed by atoms with Crippen LogP contribution in [0, 0.1) is 12.7 Å². The van der Waals surface area contributed by atoms with Gasteiger partial charge in [-0.25, -0.2) is 4.39 Å². The van der Waals surface area contributed by atoms with Crippen LogP contribution in [0.1, 0.15) is 18.1 Å². The zero-order valence-corrected chi connectivity index (χ0v) is 15.0. The number of hydrogen-bond acceptors (Lipinski definition) is 5. The predicted molar refractivity (Wildman–Crippen MR) is 88.7 cm³/mol. The predicted octanol–water partition coefficient (Wildman–Crippen LogP) is 3.53. The zero-order valence-electron chi connectivity index (χ0n) is 12.6. The summed E-state index contributed by atoms with van der Waals surface area (Å²) < 4.78 is 19.8. The van der Waals surface area contributed by atoms with Crippen LogP contribution >= 0.6 is 27.7 Å². The van der Waals surface area contributed by atoms with E-state index < -0.39 is 17.0 Å². The van der Waals surface area contributed by atoms with Crippen LogP contribution < -0.4 is 4.74 Å². The lowest BCUT2D eigenvalue weighted by molar-refractivity contribution is -0.122. The Bertz CT molecular complexity index is 747. The molecule has 0 saturated carbocycles. The number of carbonyl (C=O) groups excluding carboxylic acids is 3. The summed E-state index contributed by atoms with van der Waals surface area (Å²) in [6, 6.07) is 1.52. The van der Waals surface area contributed by atoms with Gasteiger partial charge in [-0.05, 0) is 59.2 Å². The topological polar surface area (TPSA) is 63.7 Å². The molecule has 0 aliphatic carbocycles. The average Bonchev–Trinajstić information content (AvgIpc) is 2.73. The van der Waals surface area contributed by atoms with Crippen molar-refractivity contribution in [2.45, 2.75) is 13.8 Å². The molecule has 122 valence electrons. The molecule has 1 aliphatic heterocycles. The molecular weight excluding hydrogens is 389 g/mol. The Morgan fingerprint density at radius 3 is 2.65 bits per heavy atom. The van der Waals surface area contributed by atoms with Gasteiger partial charge in [0.25, 0.3) is 11.1 Å². The van der Waals surface area contributed by atoms with E-state index in [9.17, 15) is 18.8 Å². The summed E-state index contributed by atoms with van der Waals surface area (Å²) in [5.74, 6) is -0.976. The molecule has 1 aliphatic rings. The summed E-state index contributed by atoms with van der Waals surface area (Å²) in [5, 5.41) is -0.391. The number of carbonyl (C=O) groups is 3. The molecule has 1 aromatic carbocycles. The Morgan fingerprint density at radius 2 is 2.13 bits per heavy atom. The van der Waals surface area contributed by atoms with Crippen LogP contribution in [0.5, 0.6) is 5.75 Å². The smallest absolute Gasteiger partial charge is 0.293 e. The highest BCUT2D eigenvalue weighted by Gasteiger charge is 2.32. The number of likely N-dealkylation sites (N-methyl/N-ethyl adjacent to an activating group) is 1. The molecule has 0 unspecified atom stereocenters. The number of ether oxygens (including phenoxy) is 1. The van der Waals surface area contributed by atoms with E-state index in [2.05, 4.69) is 15.9 Å². The third-order valence-corrected chi connectivity index (χ3v) is 4.90. The fourth-order valence-corrected chi connectivity index (χ4v) is 3.18. The molecule has 0 atom stereocenters. The number of rotatable bonds is 4. The maximum absolute atomic E-state index is 14.3. The van der Waals surface area contributed by atoms with Crippen LogP contribution in [0.15, 0.2) is 15.4 Å². The standard InChI is InChI=1S/C15H13BrFNO4S/c1-7(19)6-22-10-4-9(12(16)13(17)8(10)2)5-11-14(20)18(3)15(21)23-11/h4-5H,6H2,1-3H3/b11-5-. The van der Waals surface area contributed by atoms with Crippen LogP contribution in [-0.2, 0) is 9.59 Å². The molecule has 5 nitrogen and oxygen atoms in total. The summed E-state index contributed by atoms with van der Waals surface area (Å²) in [7, 11) is 1.38. The summed E-state index contributed by atoms with van der Waals surface area (Å²) in [6.45, 7) is 2.72. The first-order valence-electron chi connectivity index (χ1n) is 6.54. The minimum atomic E-state index is -0.548. The van der Waals surface area contributed by atoms with E-state index in [1.165, 1.54) is 33.0 Å². The normalized spacial score (nSPS) is 16.4. The monoisotopic (exact) mass is 401 g/mol. The molecule has 2 amide bonds. The highest BCUT2D eigenvalue weighted by Crippen LogP contribution is 2.36. The maximum atomic E-state index is 14.3. The van der Waals surface area contributed by atoms with Gasteiger partial charge in [0.05, 0.1) is 9.38 Å². The highest BCUT2D eigenvalue weighted by molar-refractivity contribution is 9.10. The first-order valence-corrected chi connectivity index (χ1v) is 8.15. The average molecular weight is 402 g/mol. The maximum Gasteiger partial charge on any atom is 0.293 e. The van der Waals surface area contributed by atoms with Crippen LogP contribution in [0.2, 0.25) is 0 Å². The minimum Gasteiger partial charge on any atom is -0.485 e. The third-order valence-electron chi connectivity index (χ3n) is 3.14. The second-order valence-electron chi connectivity index (χ2n) is 4.95. The van der Waals surface area contributed by atoms with Crippen molar-refractivity contribution in [2.75, 3.05) is 13.7 Å². The van der Waals surface area contributed by atoms with Crippen LogP contribution in [0.25, 0.3) is 6.08 Å². The van der Waals surface area contributed by atoms with Crippen molar-refractivity contribution in [1.29, 1.82) is 0 Å². The Balaban J connectivity index is 2.45. The summed E-state index contributed by atoms with van der Waals surface area (Å²) in [5.41, 5.74) is 0.601. The van der Waals surface area contributed by atoms with Crippen molar-refractivity contribution >= 4 is 50.7 Å². The quantitative estimate of drug-likeness (QED) is 0.722. The van der Waals surface area contributed by atoms with E-state index in [1.54, 1.807) is 0 Å². The van der Waals surface area contributed by atoms with Gasteiger partial charge >= 0.3 is 0 Å². The number of imide groups is 1. The van der Waals surface area contributed by atoms with Crippen LogP contribution in [0.4, 0.5) is 9.18 Å². The minimum absolute atomic E-state index is 0.160. The third kappa shape index (κ3) is 3.64. The van der Waals surface area contributed by atoms with Gasteiger partial charge in [-0.15, -0.1) is 0 Å². The second kappa shape index (κ2) is 6.84. The van der Waals surface area contributed by atoms with Crippen molar-refractivity contribution < 1.29 is 23.5 Å². The molecule has 1 heterocycles. The Kier molecular flexibility index (Phi) is 5.26. The van der Waals surface area contributed by atoms with Gasteiger partial charge in [-0.3, -0.25) is 19.3 Å². The van der Waals surface area contributed by atoms with Crippen molar-refractivity contribution in [3.8, 4) is 5.75 Å². The second-order valence-corrected chi connectivity index (χ2v) is 6.73.